The third-order valence-corrected chi connectivity index (χ3v) is 6.84. The molecule has 1 fully saturated rings. The summed E-state index contributed by atoms with van der Waals surface area (Å²) in [5, 5.41) is 2.88. The maximum atomic E-state index is 12.4. The number of rotatable bonds is 6. The molecule has 1 heterocycles. The zero-order valence-corrected chi connectivity index (χ0v) is 17.2. The molecule has 0 bridgehead atoms. The molecule has 1 amide bonds. The predicted octanol–water partition coefficient (Wildman–Crippen LogP) is 2.86. The molecule has 0 spiro atoms. The Balaban J connectivity index is 1.58. The minimum absolute atomic E-state index is 0.143. The van der Waals surface area contributed by atoms with Crippen LogP contribution < -0.4 is 10.2 Å². The van der Waals surface area contributed by atoms with Crippen LogP contribution in [0.15, 0.2) is 53.4 Å². The average Bonchev–Trinajstić information content (AvgIpc) is 2.73. The highest BCUT2D eigenvalue weighted by molar-refractivity contribution is 7.89. The van der Waals surface area contributed by atoms with E-state index < -0.39 is 10.0 Å². The number of benzene rings is 2. The summed E-state index contributed by atoms with van der Waals surface area (Å²) in [5.41, 5.74) is 2.62. The molecule has 1 saturated heterocycles. The van der Waals surface area contributed by atoms with Crippen LogP contribution in [-0.4, -0.2) is 45.8 Å². The van der Waals surface area contributed by atoms with Crippen LogP contribution in [0.2, 0.25) is 0 Å². The molecule has 1 aliphatic rings. The number of carbonyl (C=O) groups excluding carboxylic acids is 1. The highest BCUT2D eigenvalue weighted by atomic mass is 32.2. The first-order valence-electron chi connectivity index (χ1n) is 9.52. The lowest BCUT2D eigenvalue weighted by Crippen LogP contribution is -2.29. The molecular weight excluding hydrogens is 374 g/mol. The van der Waals surface area contributed by atoms with Crippen LogP contribution in [-0.2, 0) is 16.6 Å². The Labute approximate surface area is 167 Å². The predicted molar refractivity (Wildman–Crippen MR) is 111 cm³/mol. The Morgan fingerprint density at radius 2 is 1.57 bits per heavy atom. The molecule has 3 rings (SSSR count). The average molecular weight is 402 g/mol. The van der Waals surface area contributed by atoms with E-state index in [-0.39, 0.29) is 10.8 Å². The Morgan fingerprint density at radius 3 is 2.14 bits per heavy atom. The minimum Gasteiger partial charge on any atom is -0.372 e. The van der Waals surface area contributed by atoms with E-state index in [1.54, 1.807) is 24.3 Å². The number of carbonyl (C=O) groups is 1. The van der Waals surface area contributed by atoms with Gasteiger partial charge in [0, 0.05) is 45.0 Å². The molecule has 2 aromatic rings. The van der Waals surface area contributed by atoms with Crippen molar-refractivity contribution in [1.82, 2.24) is 9.62 Å². The lowest BCUT2D eigenvalue weighted by Gasteiger charge is -2.28. The fraction of sp³-hybridized carbons (Fsp3) is 0.381. The second-order valence-corrected chi connectivity index (χ2v) is 9.36. The zero-order chi connectivity index (χ0) is 20.1. The van der Waals surface area contributed by atoms with Crippen molar-refractivity contribution >= 4 is 21.6 Å². The molecule has 0 atom stereocenters. The van der Waals surface area contributed by atoms with Gasteiger partial charge >= 0.3 is 0 Å². The SMILES string of the molecule is CN(C)S(=O)(=O)c1ccc(CNC(=O)c2ccc(N3CCCCC3)cc2)cc1. The quantitative estimate of drug-likeness (QED) is 0.808. The van der Waals surface area contributed by atoms with Gasteiger partial charge in [-0.1, -0.05) is 12.1 Å². The molecule has 150 valence electrons. The number of hydrogen-bond donors (Lipinski definition) is 1. The normalized spacial score (nSPS) is 14.9. The molecule has 1 N–H and O–H groups in total. The van der Waals surface area contributed by atoms with Gasteiger partial charge < -0.3 is 10.2 Å². The largest absolute Gasteiger partial charge is 0.372 e. The van der Waals surface area contributed by atoms with Gasteiger partial charge in [-0.2, -0.15) is 0 Å². The van der Waals surface area contributed by atoms with Crippen LogP contribution in [0.5, 0.6) is 0 Å². The lowest BCUT2D eigenvalue weighted by molar-refractivity contribution is 0.0951. The van der Waals surface area contributed by atoms with Crippen LogP contribution in [0.25, 0.3) is 0 Å². The van der Waals surface area contributed by atoms with Crippen molar-refractivity contribution in [2.45, 2.75) is 30.7 Å². The maximum Gasteiger partial charge on any atom is 0.251 e. The summed E-state index contributed by atoms with van der Waals surface area (Å²) in [4.78, 5) is 15.0. The van der Waals surface area contributed by atoms with Gasteiger partial charge in [-0.25, -0.2) is 12.7 Å². The van der Waals surface area contributed by atoms with Crippen LogP contribution in [0.4, 0.5) is 5.69 Å². The lowest BCUT2D eigenvalue weighted by atomic mass is 10.1. The summed E-state index contributed by atoms with van der Waals surface area (Å²) in [6.45, 7) is 2.49. The Morgan fingerprint density at radius 1 is 0.964 bits per heavy atom. The standard InChI is InChI=1S/C21H27N3O3S/c1-23(2)28(26,27)20-12-6-17(7-13-20)16-22-21(25)18-8-10-19(11-9-18)24-14-4-3-5-15-24/h6-13H,3-5,14-16H2,1-2H3,(H,22,25). The van der Waals surface area contributed by atoms with Crippen molar-refractivity contribution < 1.29 is 13.2 Å². The van der Waals surface area contributed by atoms with E-state index in [1.165, 1.54) is 37.7 Å². The fourth-order valence-corrected chi connectivity index (χ4v) is 4.15. The molecule has 2 aromatic carbocycles. The van der Waals surface area contributed by atoms with Gasteiger partial charge in [0.2, 0.25) is 10.0 Å². The molecular formula is C21H27N3O3S. The molecule has 28 heavy (non-hydrogen) atoms. The van der Waals surface area contributed by atoms with Gasteiger partial charge in [-0.3, -0.25) is 4.79 Å². The zero-order valence-electron chi connectivity index (χ0n) is 16.4. The van der Waals surface area contributed by atoms with E-state index in [2.05, 4.69) is 10.2 Å². The van der Waals surface area contributed by atoms with Gasteiger partial charge in [-0.15, -0.1) is 0 Å². The van der Waals surface area contributed by atoms with Crippen molar-refractivity contribution in [2.75, 3.05) is 32.1 Å². The molecule has 1 aliphatic heterocycles. The summed E-state index contributed by atoms with van der Waals surface area (Å²) >= 11 is 0. The summed E-state index contributed by atoms with van der Waals surface area (Å²) < 4.78 is 25.4. The number of anilines is 1. The molecule has 0 saturated carbocycles. The van der Waals surface area contributed by atoms with Crippen LogP contribution in [0, 0.1) is 0 Å². The van der Waals surface area contributed by atoms with Crippen LogP contribution in [0.1, 0.15) is 35.2 Å². The third-order valence-electron chi connectivity index (χ3n) is 5.01. The topological polar surface area (TPSA) is 69.7 Å². The second-order valence-electron chi connectivity index (χ2n) is 7.21. The van der Waals surface area contributed by atoms with E-state index in [9.17, 15) is 13.2 Å². The first-order chi connectivity index (χ1) is 13.4. The van der Waals surface area contributed by atoms with E-state index in [4.69, 9.17) is 0 Å². The molecule has 0 aromatic heterocycles. The van der Waals surface area contributed by atoms with Gasteiger partial charge in [0.15, 0.2) is 0 Å². The summed E-state index contributed by atoms with van der Waals surface area (Å²) in [7, 11) is -0.439. The Bertz CT molecular complexity index is 901. The number of amides is 1. The van der Waals surface area contributed by atoms with Crippen LogP contribution >= 0.6 is 0 Å². The number of hydrogen-bond acceptors (Lipinski definition) is 4. The number of nitrogens with zero attached hydrogens (tertiary/aromatic N) is 2. The number of nitrogens with one attached hydrogen (secondary N) is 1. The molecule has 0 aliphatic carbocycles. The van der Waals surface area contributed by atoms with Crippen molar-refractivity contribution in [3.8, 4) is 0 Å². The molecule has 0 radical (unpaired) electrons. The van der Waals surface area contributed by atoms with Crippen molar-refractivity contribution in [3.05, 3.63) is 59.7 Å². The van der Waals surface area contributed by atoms with Crippen molar-refractivity contribution in [1.29, 1.82) is 0 Å². The third kappa shape index (κ3) is 4.72. The van der Waals surface area contributed by atoms with E-state index in [0.29, 0.717) is 12.1 Å². The highest BCUT2D eigenvalue weighted by Gasteiger charge is 2.16. The first-order valence-corrected chi connectivity index (χ1v) is 11.0. The van der Waals surface area contributed by atoms with E-state index in [1.807, 2.05) is 24.3 Å². The van der Waals surface area contributed by atoms with Gasteiger partial charge in [0.25, 0.3) is 5.91 Å². The Kier molecular flexibility index (Phi) is 6.36. The summed E-state index contributed by atoms with van der Waals surface area (Å²) in [6, 6.07) is 14.3. The van der Waals surface area contributed by atoms with Crippen LogP contribution in [0.3, 0.4) is 0 Å². The second kappa shape index (κ2) is 8.75. The van der Waals surface area contributed by atoms with E-state index in [0.717, 1.165) is 24.3 Å². The first kappa shape index (κ1) is 20.4. The smallest absolute Gasteiger partial charge is 0.251 e. The van der Waals surface area contributed by atoms with Crippen molar-refractivity contribution in [2.24, 2.45) is 0 Å². The number of sulfonamides is 1. The summed E-state index contributed by atoms with van der Waals surface area (Å²) in [5.74, 6) is -0.143. The highest BCUT2D eigenvalue weighted by Crippen LogP contribution is 2.20. The fourth-order valence-electron chi connectivity index (χ4n) is 3.25. The number of piperidine rings is 1. The Hall–Kier alpha value is -2.38. The van der Waals surface area contributed by atoms with Gasteiger partial charge in [0.1, 0.15) is 0 Å². The van der Waals surface area contributed by atoms with Crippen molar-refractivity contribution in [3.63, 3.8) is 0 Å². The monoisotopic (exact) mass is 401 g/mol. The molecule has 6 nitrogen and oxygen atoms in total. The molecule has 0 unspecified atom stereocenters. The molecule has 7 heteroatoms. The van der Waals surface area contributed by atoms with Gasteiger partial charge in [-0.05, 0) is 61.2 Å². The van der Waals surface area contributed by atoms with E-state index >= 15 is 0 Å². The maximum absolute atomic E-state index is 12.4. The summed E-state index contributed by atoms with van der Waals surface area (Å²) in [6.07, 6.45) is 3.73. The van der Waals surface area contributed by atoms with Gasteiger partial charge in [0.05, 0.1) is 4.90 Å². The minimum atomic E-state index is -3.44.